The SMILES string of the molecule is CCCCCCCCCCCC(F)(C(N)=O)C(CCC)CCC[Si](OC)(OC)OC. The highest BCUT2D eigenvalue weighted by Gasteiger charge is 2.44. The lowest BCUT2D eigenvalue weighted by Crippen LogP contribution is -2.47. The fourth-order valence-corrected chi connectivity index (χ4v) is 6.04. The number of unbranched alkanes of at least 4 members (excludes halogenated alkanes) is 8. The van der Waals surface area contributed by atoms with E-state index in [9.17, 15) is 4.79 Å². The van der Waals surface area contributed by atoms with Gasteiger partial charge in [-0.1, -0.05) is 71.6 Å². The van der Waals surface area contributed by atoms with E-state index in [1.165, 1.54) is 38.5 Å². The highest BCUT2D eigenvalue weighted by molar-refractivity contribution is 6.60. The van der Waals surface area contributed by atoms with Gasteiger partial charge in [-0.05, 0) is 32.1 Å². The Morgan fingerprint density at radius 3 is 1.77 bits per heavy atom. The Kier molecular flexibility index (Phi) is 16.8. The fourth-order valence-electron chi connectivity index (χ4n) is 4.29. The van der Waals surface area contributed by atoms with Crippen LogP contribution in [-0.2, 0) is 18.1 Å². The predicted molar refractivity (Wildman–Crippen MR) is 124 cm³/mol. The molecule has 0 bridgehead atoms. The van der Waals surface area contributed by atoms with Gasteiger partial charge in [0.1, 0.15) is 0 Å². The molecule has 0 aliphatic carbocycles. The summed E-state index contributed by atoms with van der Waals surface area (Å²) in [5.41, 5.74) is 3.63. The van der Waals surface area contributed by atoms with E-state index in [2.05, 4.69) is 6.92 Å². The Labute approximate surface area is 186 Å². The number of rotatable bonds is 21. The van der Waals surface area contributed by atoms with Gasteiger partial charge in [0.15, 0.2) is 5.67 Å². The van der Waals surface area contributed by atoms with Crippen molar-refractivity contribution in [3.63, 3.8) is 0 Å². The predicted octanol–water partition coefficient (Wildman–Crippen LogP) is 6.18. The van der Waals surface area contributed by atoms with E-state index < -0.39 is 20.4 Å². The number of carbonyl (C=O) groups is 1. The van der Waals surface area contributed by atoms with E-state index in [1.54, 1.807) is 21.3 Å². The van der Waals surface area contributed by atoms with Gasteiger partial charge in [0.05, 0.1) is 0 Å². The summed E-state index contributed by atoms with van der Waals surface area (Å²) in [6.07, 6.45) is 13.3. The second-order valence-corrected chi connectivity index (χ2v) is 11.6. The van der Waals surface area contributed by atoms with Crippen LogP contribution in [0, 0.1) is 5.92 Å². The van der Waals surface area contributed by atoms with Gasteiger partial charge in [0.25, 0.3) is 5.91 Å². The maximum atomic E-state index is 15.8. The first-order valence-electron chi connectivity index (χ1n) is 12.0. The maximum absolute atomic E-state index is 15.8. The third kappa shape index (κ3) is 10.7. The highest BCUT2D eigenvalue weighted by atomic mass is 28.4. The summed E-state index contributed by atoms with van der Waals surface area (Å²) >= 11 is 0. The third-order valence-corrected chi connectivity index (χ3v) is 9.14. The van der Waals surface area contributed by atoms with Crippen LogP contribution in [0.3, 0.4) is 0 Å². The molecule has 0 spiro atoms. The molecule has 0 aromatic heterocycles. The number of amides is 1. The normalized spacial score (nSPS) is 15.1. The summed E-state index contributed by atoms with van der Waals surface area (Å²) in [7, 11) is 2.05. The number of alkyl halides is 1. The van der Waals surface area contributed by atoms with Crippen molar-refractivity contribution in [2.24, 2.45) is 11.7 Å². The van der Waals surface area contributed by atoms with Crippen molar-refractivity contribution < 1.29 is 22.5 Å². The molecule has 0 heterocycles. The number of primary amides is 1. The minimum absolute atomic E-state index is 0.226. The summed E-state index contributed by atoms with van der Waals surface area (Å²) in [6.45, 7) is 4.24. The number of hydrogen-bond acceptors (Lipinski definition) is 4. The van der Waals surface area contributed by atoms with E-state index in [-0.39, 0.29) is 12.3 Å². The Hall–Kier alpha value is -0.503. The number of halogens is 1. The van der Waals surface area contributed by atoms with Crippen molar-refractivity contribution in [1.82, 2.24) is 0 Å². The van der Waals surface area contributed by atoms with Crippen LogP contribution in [0.1, 0.15) is 104 Å². The van der Waals surface area contributed by atoms with Crippen LogP contribution in [0.15, 0.2) is 0 Å². The highest BCUT2D eigenvalue weighted by Crippen LogP contribution is 2.36. The lowest BCUT2D eigenvalue weighted by molar-refractivity contribution is -0.134. The number of hydrogen-bond donors (Lipinski definition) is 1. The second kappa shape index (κ2) is 17.1. The van der Waals surface area contributed by atoms with Gasteiger partial charge < -0.3 is 19.0 Å². The van der Waals surface area contributed by atoms with Crippen LogP contribution in [-0.4, -0.2) is 41.7 Å². The summed E-state index contributed by atoms with van der Waals surface area (Å²) in [6, 6.07) is 0.601. The standard InChI is InChI=1S/C23H48FNO4Si/c1-6-8-9-10-11-12-13-14-15-19-23(24,22(25)26)21(17-7-2)18-16-20-30(27-3,28-4)29-5/h21H,6-20H2,1-5H3,(H2,25,26). The first-order chi connectivity index (χ1) is 14.4. The number of carbonyl (C=O) groups excluding carboxylic acids is 1. The number of nitrogens with two attached hydrogens (primary N) is 1. The molecule has 0 saturated carbocycles. The van der Waals surface area contributed by atoms with Gasteiger partial charge in [-0.2, -0.15) is 0 Å². The molecule has 0 aliphatic heterocycles. The quantitative estimate of drug-likeness (QED) is 0.168. The zero-order chi connectivity index (χ0) is 22.9. The molecule has 1 amide bonds. The molecular formula is C23H48FNO4Si. The molecule has 0 aromatic carbocycles. The van der Waals surface area contributed by atoms with Crippen molar-refractivity contribution in [3.8, 4) is 0 Å². The summed E-state index contributed by atoms with van der Waals surface area (Å²) in [5, 5.41) is 0. The molecule has 5 nitrogen and oxygen atoms in total. The molecule has 0 rings (SSSR count). The molecule has 0 fully saturated rings. The smallest absolute Gasteiger partial charge is 0.377 e. The maximum Gasteiger partial charge on any atom is 0.500 e. The van der Waals surface area contributed by atoms with Crippen LogP contribution in [0.4, 0.5) is 4.39 Å². The van der Waals surface area contributed by atoms with Crippen LogP contribution in [0.2, 0.25) is 6.04 Å². The van der Waals surface area contributed by atoms with Crippen LogP contribution in [0.5, 0.6) is 0 Å². The Morgan fingerprint density at radius 1 is 0.833 bits per heavy atom. The lowest BCUT2D eigenvalue weighted by atomic mass is 9.78. The minimum Gasteiger partial charge on any atom is -0.377 e. The second-order valence-electron chi connectivity index (χ2n) is 8.48. The molecule has 7 heteroatoms. The topological polar surface area (TPSA) is 70.8 Å². The van der Waals surface area contributed by atoms with Crippen molar-refractivity contribution in [2.75, 3.05) is 21.3 Å². The van der Waals surface area contributed by atoms with Gasteiger partial charge in [0, 0.05) is 33.3 Å². The van der Waals surface area contributed by atoms with Gasteiger partial charge in [-0.15, -0.1) is 0 Å². The average molecular weight is 450 g/mol. The summed E-state index contributed by atoms with van der Waals surface area (Å²) in [5.74, 6) is -1.18. The fraction of sp³-hybridized carbons (Fsp3) is 0.957. The van der Waals surface area contributed by atoms with Crippen molar-refractivity contribution in [1.29, 1.82) is 0 Å². The van der Waals surface area contributed by atoms with Gasteiger partial charge in [-0.3, -0.25) is 4.79 Å². The molecule has 0 aromatic rings. The first kappa shape index (κ1) is 29.5. The molecule has 0 aliphatic rings. The summed E-state index contributed by atoms with van der Waals surface area (Å²) in [4.78, 5) is 12.1. The minimum atomic E-state index is -2.68. The molecule has 2 N–H and O–H groups in total. The molecule has 2 atom stereocenters. The van der Waals surface area contributed by atoms with Gasteiger partial charge in [-0.25, -0.2) is 4.39 Å². The zero-order valence-electron chi connectivity index (χ0n) is 20.3. The lowest BCUT2D eigenvalue weighted by Gasteiger charge is -2.32. The van der Waals surface area contributed by atoms with Crippen molar-refractivity contribution in [2.45, 2.75) is 115 Å². The van der Waals surface area contributed by atoms with E-state index >= 15 is 4.39 Å². The van der Waals surface area contributed by atoms with Gasteiger partial charge >= 0.3 is 8.80 Å². The van der Waals surface area contributed by atoms with E-state index in [4.69, 9.17) is 19.0 Å². The molecular weight excluding hydrogens is 401 g/mol. The van der Waals surface area contributed by atoms with Gasteiger partial charge in [0.2, 0.25) is 0 Å². The first-order valence-corrected chi connectivity index (χ1v) is 13.9. The molecule has 0 radical (unpaired) electrons. The van der Waals surface area contributed by atoms with E-state index in [0.717, 1.165) is 19.3 Å². The third-order valence-electron chi connectivity index (χ3n) is 6.31. The Bertz CT molecular complexity index is 429. The zero-order valence-corrected chi connectivity index (χ0v) is 21.3. The molecule has 2 unspecified atom stereocenters. The van der Waals surface area contributed by atoms with E-state index in [1.807, 2.05) is 6.92 Å². The summed E-state index contributed by atoms with van der Waals surface area (Å²) < 4.78 is 32.1. The largest absolute Gasteiger partial charge is 0.500 e. The van der Waals surface area contributed by atoms with Crippen molar-refractivity contribution in [3.05, 3.63) is 0 Å². The molecule has 30 heavy (non-hydrogen) atoms. The van der Waals surface area contributed by atoms with Crippen LogP contribution >= 0.6 is 0 Å². The monoisotopic (exact) mass is 449 g/mol. The van der Waals surface area contributed by atoms with E-state index in [0.29, 0.717) is 31.7 Å². The Balaban J connectivity index is 4.61. The average Bonchev–Trinajstić information content (AvgIpc) is 2.75. The Morgan fingerprint density at radius 2 is 1.33 bits per heavy atom. The van der Waals surface area contributed by atoms with Crippen LogP contribution in [0.25, 0.3) is 0 Å². The van der Waals surface area contributed by atoms with Crippen LogP contribution < -0.4 is 5.73 Å². The molecule has 0 saturated heterocycles. The van der Waals surface area contributed by atoms with Crippen molar-refractivity contribution >= 4 is 14.7 Å². The molecule has 180 valence electrons.